The summed E-state index contributed by atoms with van der Waals surface area (Å²) in [6.45, 7) is -0.411. The Balaban J connectivity index is 1.88. The first kappa shape index (κ1) is 15.3. The van der Waals surface area contributed by atoms with Crippen LogP contribution in [0.15, 0.2) is 42.6 Å². The molecule has 0 aliphatic carbocycles. The Labute approximate surface area is 130 Å². The highest BCUT2D eigenvalue weighted by molar-refractivity contribution is 6.31. The number of esters is 1. The van der Waals surface area contributed by atoms with Crippen LogP contribution in [0.2, 0.25) is 10.2 Å². The first-order valence-electron chi connectivity index (χ1n) is 5.89. The lowest BCUT2D eigenvalue weighted by atomic mass is 10.3. The van der Waals surface area contributed by atoms with E-state index in [4.69, 9.17) is 27.9 Å². The SMILES string of the molecule is O=C(COC(=O)c1ccnc(Cl)c1)Nc1cccc(Cl)c1. The van der Waals surface area contributed by atoms with E-state index in [0.717, 1.165) is 0 Å². The van der Waals surface area contributed by atoms with Crippen LogP contribution in [0, 0.1) is 0 Å². The fourth-order valence-electron chi connectivity index (χ4n) is 1.51. The number of hydrogen-bond acceptors (Lipinski definition) is 4. The Morgan fingerprint density at radius 1 is 1.19 bits per heavy atom. The maximum Gasteiger partial charge on any atom is 0.338 e. The third-order valence-electron chi connectivity index (χ3n) is 2.41. The molecule has 2 aromatic rings. The lowest BCUT2D eigenvalue weighted by molar-refractivity contribution is -0.119. The highest BCUT2D eigenvalue weighted by Gasteiger charge is 2.11. The molecule has 0 saturated carbocycles. The number of hydrogen-bond donors (Lipinski definition) is 1. The number of nitrogens with one attached hydrogen (secondary N) is 1. The van der Waals surface area contributed by atoms with E-state index in [9.17, 15) is 9.59 Å². The smallest absolute Gasteiger partial charge is 0.338 e. The summed E-state index contributed by atoms with van der Waals surface area (Å²) in [5.41, 5.74) is 0.751. The fraction of sp³-hybridized carbons (Fsp3) is 0.0714. The van der Waals surface area contributed by atoms with Gasteiger partial charge in [0.15, 0.2) is 6.61 Å². The number of nitrogens with zero attached hydrogens (tertiary/aromatic N) is 1. The van der Waals surface area contributed by atoms with Crippen molar-refractivity contribution in [2.45, 2.75) is 0 Å². The van der Waals surface area contributed by atoms with E-state index in [-0.39, 0.29) is 10.7 Å². The van der Waals surface area contributed by atoms with Gasteiger partial charge in [-0.15, -0.1) is 0 Å². The first-order chi connectivity index (χ1) is 10.0. The molecule has 5 nitrogen and oxygen atoms in total. The molecule has 0 aliphatic rings. The summed E-state index contributed by atoms with van der Waals surface area (Å²) in [6, 6.07) is 9.45. The number of ether oxygens (including phenoxy) is 1. The Kier molecular flexibility index (Phi) is 5.14. The predicted molar refractivity (Wildman–Crippen MR) is 79.6 cm³/mol. The van der Waals surface area contributed by atoms with Gasteiger partial charge in [-0.25, -0.2) is 9.78 Å². The van der Waals surface area contributed by atoms with Crippen molar-refractivity contribution in [3.05, 3.63) is 58.3 Å². The van der Waals surface area contributed by atoms with Crippen molar-refractivity contribution in [3.8, 4) is 0 Å². The molecule has 1 aromatic carbocycles. The van der Waals surface area contributed by atoms with Gasteiger partial charge >= 0.3 is 5.97 Å². The zero-order valence-electron chi connectivity index (χ0n) is 10.7. The molecule has 2 rings (SSSR count). The van der Waals surface area contributed by atoms with Crippen molar-refractivity contribution in [2.24, 2.45) is 0 Å². The van der Waals surface area contributed by atoms with Crippen molar-refractivity contribution < 1.29 is 14.3 Å². The van der Waals surface area contributed by atoms with E-state index in [1.165, 1.54) is 18.3 Å². The summed E-state index contributed by atoms with van der Waals surface area (Å²) >= 11 is 11.5. The van der Waals surface area contributed by atoms with Crippen LogP contribution in [-0.2, 0) is 9.53 Å². The highest BCUT2D eigenvalue weighted by atomic mass is 35.5. The summed E-state index contributed by atoms with van der Waals surface area (Å²) in [6.07, 6.45) is 1.38. The topological polar surface area (TPSA) is 68.3 Å². The molecule has 1 heterocycles. The van der Waals surface area contributed by atoms with Crippen LogP contribution in [0.25, 0.3) is 0 Å². The number of carbonyl (C=O) groups excluding carboxylic acids is 2. The molecule has 0 spiro atoms. The highest BCUT2D eigenvalue weighted by Crippen LogP contribution is 2.14. The van der Waals surface area contributed by atoms with Gasteiger partial charge in [0, 0.05) is 16.9 Å². The largest absolute Gasteiger partial charge is 0.452 e. The number of aromatic nitrogens is 1. The molecule has 0 bridgehead atoms. The van der Waals surface area contributed by atoms with Gasteiger partial charge in [-0.3, -0.25) is 4.79 Å². The van der Waals surface area contributed by atoms with Crippen LogP contribution in [0.5, 0.6) is 0 Å². The van der Waals surface area contributed by atoms with Gasteiger partial charge < -0.3 is 10.1 Å². The Morgan fingerprint density at radius 2 is 2.00 bits per heavy atom. The molecule has 1 amide bonds. The van der Waals surface area contributed by atoms with Gasteiger partial charge in [-0.1, -0.05) is 29.3 Å². The average molecular weight is 325 g/mol. The molecule has 7 heteroatoms. The average Bonchev–Trinajstić information content (AvgIpc) is 2.45. The molecule has 0 aliphatic heterocycles. The van der Waals surface area contributed by atoms with Gasteiger partial charge in [0.2, 0.25) is 0 Å². The molecule has 1 aromatic heterocycles. The number of anilines is 1. The fourth-order valence-corrected chi connectivity index (χ4v) is 1.87. The monoisotopic (exact) mass is 324 g/mol. The van der Waals surface area contributed by atoms with Gasteiger partial charge in [0.25, 0.3) is 5.91 Å². The quantitative estimate of drug-likeness (QED) is 0.692. The number of rotatable bonds is 4. The van der Waals surface area contributed by atoms with Crippen molar-refractivity contribution >= 4 is 40.8 Å². The summed E-state index contributed by atoms with van der Waals surface area (Å²) in [7, 11) is 0. The Bertz CT molecular complexity index is 677. The van der Waals surface area contributed by atoms with Crippen molar-refractivity contribution in [1.29, 1.82) is 0 Å². The number of carbonyl (C=O) groups is 2. The maximum absolute atomic E-state index is 11.7. The zero-order valence-corrected chi connectivity index (χ0v) is 12.2. The Morgan fingerprint density at radius 3 is 2.71 bits per heavy atom. The minimum absolute atomic E-state index is 0.174. The minimum atomic E-state index is -0.652. The van der Waals surface area contributed by atoms with Gasteiger partial charge in [0.05, 0.1) is 5.56 Å². The number of pyridine rings is 1. The third kappa shape index (κ3) is 4.73. The van der Waals surface area contributed by atoms with Crippen molar-refractivity contribution in [3.63, 3.8) is 0 Å². The van der Waals surface area contributed by atoms with E-state index < -0.39 is 18.5 Å². The lowest BCUT2D eigenvalue weighted by Crippen LogP contribution is -2.20. The van der Waals surface area contributed by atoms with Crippen LogP contribution in [-0.4, -0.2) is 23.5 Å². The van der Waals surface area contributed by atoms with E-state index in [1.54, 1.807) is 24.3 Å². The molecule has 0 atom stereocenters. The molecule has 0 radical (unpaired) electrons. The second kappa shape index (κ2) is 7.06. The van der Waals surface area contributed by atoms with E-state index in [2.05, 4.69) is 10.3 Å². The molecule has 0 fully saturated rings. The van der Waals surface area contributed by atoms with Crippen LogP contribution >= 0.6 is 23.2 Å². The summed E-state index contributed by atoms with van der Waals surface area (Å²) < 4.78 is 4.88. The molecule has 21 heavy (non-hydrogen) atoms. The van der Waals surface area contributed by atoms with Gasteiger partial charge in [-0.2, -0.15) is 0 Å². The van der Waals surface area contributed by atoms with Crippen LogP contribution in [0.1, 0.15) is 10.4 Å². The number of benzene rings is 1. The first-order valence-corrected chi connectivity index (χ1v) is 6.64. The molecule has 0 saturated heterocycles. The predicted octanol–water partition coefficient (Wildman–Crippen LogP) is 3.18. The number of amides is 1. The van der Waals surface area contributed by atoms with E-state index >= 15 is 0 Å². The van der Waals surface area contributed by atoms with Gasteiger partial charge in [-0.05, 0) is 30.3 Å². The summed E-state index contributed by atoms with van der Waals surface area (Å²) in [4.78, 5) is 27.1. The second-order valence-corrected chi connectivity index (χ2v) is 4.83. The molecule has 0 unspecified atom stereocenters. The second-order valence-electron chi connectivity index (χ2n) is 4.00. The third-order valence-corrected chi connectivity index (χ3v) is 2.85. The van der Waals surface area contributed by atoms with E-state index in [1.807, 2.05) is 0 Å². The summed E-state index contributed by atoms with van der Waals surface area (Å²) in [5.74, 6) is -1.12. The molecular weight excluding hydrogens is 315 g/mol. The van der Waals surface area contributed by atoms with Crippen molar-refractivity contribution in [2.75, 3.05) is 11.9 Å². The summed E-state index contributed by atoms with van der Waals surface area (Å²) in [5, 5.41) is 3.23. The van der Waals surface area contributed by atoms with Crippen LogP contribution in [0.4, 0.5) is 5.69 Å². The lowest BCUT2D eigenvalue weighted by Gasteiger charge is -2.07. The zero-order chi connectivity index (χ0) is 15.2. The minimum Gasteiger partial charge on any atom is -0.452 e. The van der Waals surface area contributed by atoms with Crippen LogP contribution < -0.4 is 5.32 Å². The number of halogens is 2. The van der Waals surface area contributed by atoms with Crippen molar-refractivity contribution in [1.82, 2.24) is 4.98 Å². The molecule has 108 valence electrons. The normalized spacial score (nSPS) is 10.0. The standard InChI is InChI=1S/C14H10Cl2N2O3/c15-10-2-1-3-11(7-10)18-13(19)8-21-14(20)9-4-5-17-12(16)6-9/h1-7H,8H2,(H,18,19). The van der Waals surface area contributed by atoms with Gasteiger partial charge in [0.1, 0.15) is 5.15 Å². The maximum atomic E-state index is 11.7. The van der Waals surface area contributed by atoms with E-state index in [0.29, 0.717) is 10.7 Å². The Hall–Kier alpha value is -2.11. The van der Waals surface area contributed by atoms with Crippen LogP contribution in [0.3, 0.4) is 0 Å². The molecule has 1 N–H and O–H groups in total. The molecular formula is C14H10Cl2N2O3.